The molecule has 1 aromatic carbocycles. The van der Waals surface area contributed by atoms with Gasteiger partial charge in [-0.2, -0.15) is 0 Å². The van der Waals surface area contributed by atoms with Gasteiger partial charge in [-0.15, -0.1) is 0 Å². The molecule has 2 amide bonds. The zero-order valence-electron chi connectivity index (χ0n) is 16.1. The van der Waals surface area contributed by atoms with Crippen molar-refractivity contribution in [1.29, 1.82) is 0 Å². The molecule has 2 fully saturated rings. The SMILES string of the molecule is CCC(=O)Nc1ccc(N2CCC(C)CC2)c(C(=O)N2CCCCC2)c1. The molecule has 1 aromatic rings. The summed E-state index contributed by atoms with van der Waals surface area (Å²) in [6, 6.07) is 5.81. The van der Waals surface area contributed by atoms with Gasteiger partial charge in [0.25, 0.3) is 5.91 Å². The molecule has 2 saturated heterocycles. The number of rotatable bonds is 4. The van der Waals surface area contributed by atoms with Crippen LogP contribution in [0.3, 0.4) is 0 Å². The number of benzene rings is 1. The first-order valence-corrected chi connectivity index (χ1v) is 10.1. The summed E-state index contributed by atoms with van der Waals surface area (Å²) < 4.78 is 0. The van der Waals surface area contributed by atoms with E-state index in [1.807, 2.05) is 30.0 Å². The van der Waals surface area contributed by atoms with Gasteiger partial charge in [-0.3, -0.25) is 9.59 Å². The van der Waals surface area contributed by atoms with E-state index in [1.165, 1.54) is 6.42 Å². The van der Waals surface area contributed by atoms with E-state index in [9.17, 15) is 9.59 Å². The average molecular weight is 357 g/mol. The van der Waals surface area contributed by atoms with E-state index in [-0.39, 0.29) is 11.8 Å². The largest absolute Gasteiger partial charge is 0.371 e. The van der Waals surface area contributed by atoms with Gasteiger partial charge in [-0.1, -0.05) is 13.8 Å². The minimum Gasteiger partial charge on any atom is -0.371 e. The lowest BCUT2D eigenvalue weighted by Crippen LogP contribution is -2.38. The molecule has 5 nitrogen and oxygen atoms in total. The van der Waals surface area contributed by atoms with Crippen molar-refractivity contribution in [2.24, 2.45) is 5.92 Å². The maximum Gasteiger partial charge on any atom is 0.256 e. The van der Waals surface area contributed by atoms with Gasteiger partial charge in [0.1, 0.15) is 0 Å². The molecule has 2 aliphatic heterocycles. The highest BCUT2D eigenvalue weighted by atomic mass is 16.2. The lowest BCUT2D eigenvalue weighted by Gasteiger charge is -2.35. The molecule has 2 aliphatic rings. The molecule has 2 heterocycles. The minimum absolute atomic E-state index is 0.0269. The lowest BCUT2D eigenvalue weighted by atomic mass is 9.97. The van der Waals surface area contributed by atoms with Crippen LogP contribution >= 0.6 is 0 Å². The summed E-state index contributed by atoms with van der Waals surface area (Å²) in [4.78, 5) is 29.3. The van der Waals surface area contributed by atoms with Crippen molar-refractivity contribution in [3.05, 3.63) is 23.8 Å². The third-order valence-electron chi connectivity index (χ3n) is 5.60. The standard InChI is InChI=1S/C21H31N3O2/c1-3-20(25)22-17-7-8-19(23-13-9-16(2)10-14-23)18(15-17)21(26)24-11-5-4-6-12-24/h7-8,15-16H,3-6,9-14H2,1-2H3,(H,22,25). The summed E-state index contributed by atoms with van der Waals surface area (Å²) in [5.74, 6) is 0.822. The monoisotopic (exact) mass is 357 g/mol. The first-order valence-electron chi connectivity index (χ1n) is 10.1. The maximum absolute atomic E-state index is 13.2. The van der Waals surface area contributed by atoms with Gasteiger partial charge >= 0.3 is 0 Å². The third-order valence-corrected chi connectivity index (χ3v) is 5.60. The van der Waals surface area contributed by atoms with Crippen LogP contribution in [0, 0.1) is 5.92 Å². The second-order valence-electron chi connectivity index (χ2n) is 7.66. The Hall–Kier alpha value is -2.04. The molecule has 0 spiro atoms. The first kappa shape index (κ1) is 18.7. The Morgan fingerprint density at radius 2 is 1.77 bits per heavy atom. The van der Waals surface area contributed by atoms with Gasteiger partial charge < -0.3 is 15.1 Å². The highest BCUT2D eigenvalue weighted by Crippen LogP contribution is 2.30. The summed E-state index contributed by atoms with van der Waals surface area (Å²) in [6.07, 6.45) is 6.11. The Balaban J connectivity index is 1.89. The second-order valence-corrected chi connectivity index (χ2v) is 7.66. The van der Waals surface area contributed by atoms with Crippen molar-refractivity contribution in [2.45, 2.75) is 52.4 Å². The number of hydrogen-bond donors (Lipinski definition) is 1. The van der Waals surface area contributed by atoms with Crippen molar-refractivity contribution >= 4 is 23.2 Å². The van der Waals surface area contributed by atoms with Crippen LogP contribution in [-0.4, -0.2) is 42.9 Å². The fourth-order valence-corrected chi connectivity index (χ4v) is 3.83. The number of carbonyl (C=O) groups is 2. The fourth-order valence-electron chi connectivity index (χ4n) is 3.83. The van der Waals surface area contributed by atoms with Crippen LogP contribution in [0.1, 0.15) is 62.7 Å². The number of carbonyl (C=O) groups excluding carboxylic acids is 2. The van der Waals surface area contributed by atoms with E-state index >= 15 is 0 Å². The number of amides is 2. The molecule has 142 valence electrons. The Bertz CT molecular complexity index is 645. The molecule has 0 atom stereocenters. The number of nitrogens with zero attached hydrogens (tertiary/aromatic N) is 2. The molecule has 0 aromatic heterocycles. The van der Waals surface area contributed by atoms with E-state index < -0.39 is 0 Å². The summed E-state index contributed by atoms with van der Waals surface area (Å²) in [7, 11) is 0. The Morgan fingerprint density at radius 1 is 1.08 bits per heavy atom. The van der Waals surface area contributed by atoms with Gasteiger partial charge in [-0.25, -0.2) is 0 Å². The van der Waals surface area contributed by atoms with Crippen molar-refractivity contribution in [2.75, 3.05) is 36.4 Å². The van der Waals surface area contributed by atoms with Crippen LogP contribution in [0.25, 0.3) is 0 Å². The molecule has 5 heteroatoms. The highest BCUT2D eigenvalue weighted by molar-refractivity contribution is 6.02. The molecule has 0 unspecified atom stereocenters. The fraction of sp³-hybridized carbons (Fsp3) is 0.619. The van der Waals surface area contributed by atoms with Gasteiger partial charge in [-0.05, 0) is 56.2 Å². The lowest BCUT2D eigenvalue weighted by molar-refractivity contribution is -0.115. The van der Waals surface area contributed by atoms with E-state index in [1.54, 1.807) is 0 Å². The molecule has 1 N–H and O–H groups in total. The van der Waals surface area contributed by atoms with Gasteiger partial charge in [0.15, 0.2) is 0 Å². The number of hydrogen-bond acceptors (Lipinski definition) is 3. The Morgan fingerprint density at radius 3 is 2.42 bits per heavy atom. The van der Waals surface area contributed by atoms with Crippen molar-refractivity contribution in [3.8, 4) is 0 Å². The molecule has 0 radical (unpaired) electrons. The number of nitrogens with one attached hydrogen (secondary N) is 1. The van der Waals surface area contributed by atoms with E-state index in [2.05, 4.69) is 17.1 Å². The van der Waals surface area contributed by atoms with Crippen LogP contribution in [0.5, 0.6) is 0 Å². The Labute approximate surface area is 156 Å². The minimum atomic E-state index is -0.0269. The molecular weight excluding hydrogens is 326 g/mol. The summed E-state index contributed by atoms with van der Waals surface area (Å²) in [5.41, 5.74) is 2.46. The summed E-state index contributed by atoms with van der Waals surface area (Å²) in [5, 5.41) is 2.90. The first-order chi connectivity index (χ1) is 12.6. The van der Waals surface area contributed by atoms with Crippen molar-refractivity contribution in [1.82, 2.24) is 4.90 Å². The van der Waals surface area contributed by atoms with Crippen molar-refractivity contribution < 1.29 is 9.59 Å². The Kier molecular flexibility index (Phi) is 6.17. The maximum atomic E-state index is 13.2. The number of piperidine rings is 2. The van der Waals surface area contributed by atoms with Gasteiger partial charge in [0, 0.05) is 44.0 Å². The van der Waals surface area contributed by atoms with E-state index in [4.69, 9.17) is 0 Å². The highest BCUT2D eigenvalue weighted by Gasteiger charge is 2.25. The van der Waals surface area contributed by atoms with Crippen LogP contribution in [0.4, 0.5) is 11.4 Å². The molecule has 3 rings (SSSR count). The topological polar surface area (TPSA) is 52.7 Å². The van der Waals surface area contributed by atoms with Gasteiger partial charge in [0.2, 0.25) is 5.91 Å². The molecule has 26 heavy (non-hydrogen) atoms. The predicted octanol–water partition coefficient (Wildman–Crippen LogP) is 3.90. The van der Waals surface area contributed by atoms with E-state index in [0.29, 0.717) is 12.1 Å². The summed E-state index contributed by atoms with van der Waals surface area (Å²) >= 11 is 0. The van der Waals surface area contributed by atoms with Crippen LogP contribution in [0.15, 0.2) is 18.2 Å². The van der Waals surface area contributed by atoms with Crippen LogP contribution in [0.2, 0.25) is 0 Å². The second kappa shape index (κ2) is 8.56. The van der Waals surface area contributed by atoms with Gasteiger partial charge in [0.05, 0.1) is 5.56 Å². The number of anilines is 2. The quantitative estimate of drug-likeness (QED) is 0.889. The van der Waals surface area contributed by atoms with Crippen LogP contribution < -0.4 is 10.2 Å². The zero-order chi connectivity index (χ0) is 18.5. The van der Waals surface area contributed by atoms with Crippen molar-refractivity contribution in [3.63, 3.8) is 0 Å². The molecule has 0 saturated carbocycles. The average Bonchev–Trinajstić information content (AvgIpc) is 2.68. The normalized spacial score (nSPS) is 18.7. The molecule has 0 bridgehead atoms. The summed E-state index contributed by atoms with van der Waals surface area (Å²) in [6.45, 7) is 7.77. The molecular formula is C21H31N3O2. The zero-order valence-corrected chi connectivity index (χ0v) is 16.1. The smallest absolute Gasteiger partial charge is 0.256 e. The van der Waals surface area contributed by atoms with E-state index in [0.717, 1.165) is 69.0 Å². The third kappa shape index (κ3) is 4.37. The number of likely N-dealkylation sites (tertiary alicyclic amines) is 1. The predicted molar refractivity (Wildman–Crippen MR) is 106 cm³/mol. The molecule has 0 aliphatic carbocycles. The van der Waals surface area contributed by atoms with Crippen LogP contribution in [-0.2, 0) is 4.79 Å².